The van der Waals surface area contributed by atoms with Crippen molar-refractivity contribution in [3.63, 3.8) is 0 Å². The number of fused-ring (bicyclic) bond motifs is 1. The van der Waals surface area contributed by atoms with Gasteiger partial charge in [-0.3, -0.25) is 4.79 Å². The molecule has 0 N–H and O–H groups in total. The van der Waals surface area contributed by atoms with Crippen molar-refractivity contribution >= 4 is 43.7 Å². The van der Waals surface area contributed by atoms with E-state index in [0.717, 1.165) is 36.8 Å². The third kappa shape index (κ3) is 4.52. The van der Waals surface area contributed by atoms with Crippen LogP contribution in [0, 0.1) is 0 Å². The molecule has 0 spiro atoms. The van der Waals surface area contributed by atoms with Crippen LogP contribution in [0.3, 0.4) is 0 Å². The summed E-state index contributed by atoms with van der Waals surface area (Å²) in [6, 6.07) is 19.7. The van der Waals surface area contributed by atoms with Gasteiger partial charge in [-0.25, -0.2) is 0 Å². The summed E-state index contributed by atoms with van der Waals surface area (Å²) in [6.45, 7) is 2.89. The topological polar surface area (TPSA) is 35.5 Å². The maximum atomic E-state index is 12.7. The number of ketones is 1. The summed E-state index contributed by atoms with van der Waals surface area (Å²) in [6.07, 6.45) is 2.59. The predicted molar refractivity (Wildman–Crippen MR) is 126 cm³/mol. The van der Waals surface area contributed by atoms with Crippen molar-refractivity contribution in [1.29, 1.82) is 0 Å². The maximum absolute atomic E-state index is 12.7. The second kappa shape index (κ2) is 9.19. The molecule has 3 nitrogen and oxygen atoms in total. The molecule has 3 aromatic rings. The van der Waals surface area contributed by atoms with E-state index < -0.39 is 0 Å². The molecule has 152 valence electrons. The van der Waals surface area contributed by atoms with Crippen molar-refractivity contribution in [1.82, 2.24) is 0 Å². The fourth-order valence-corrected chi connectivity index (χ4v) is 4.32. The standard InChI is InChI=1S/C25H20Br2O3/c1-2-29-23-13-17(11-19-14-18-5-3-4-6-21(18)24(19)28)12-22(27)25(23)30-15-16-7-9-20(26)10-8-16/h3-13H,2,14-15H2,1H3/b19-11+. The number of allylic oxidation sites excluding steroid dienone is 1. The first-order valence-corrected chi connectivity index (χ1v) is 11.3. The summed E-state index contributed by atoms with van der Waals surface area (Å²) in [5, 5.41) is 0. The Morgan fingerprint density at radius 2 is 1.77 bits per heavy atom. The molecule has 0 aromatic heterocycles. The van der Waals surface area contributed by atoms with Crippen LogP contribution in [0.1, 0.15) is 34.0 Å². The molecule has 30 heavy (non-hydrogen) atoms. The Morgan fingerprint density at radius 3 is 2.50 bits per heavy atom. The first-order chi connectivity index (χ1) is 14.5. The van der Waals surface area contributed by atoms with Gasteiger partial charge in [0.05, 0.1) is 11.1 Å². The van der Waals surface area contributed by atoms with E-state index in [-0.39, 0.29) is 5.78 Å². The molecule has 0 aliphatic heterocycles. The number of ether oxygens (including phenoxy) is 2. The molecule has 0 bridgehead atoms. The van der Waals surface area contributed by atoms with E-state index >= 15 is 0 Å². The average molecular weight is 528 g/mol. The average Bonchev–Trinajstić information content (AvgIpc) is 3.04. The van der Waals surface area contributed by atoms with Crippen LogP contribution >= 0.6 is 31.9 Å². The Balaban J connectivity index is 1.60. The van der Waals surface area contributed by atoms with Gasteiger partial charge in [-0.1, -0.05) is 52.3 Å². The second-order valence-corrected chi connectivity index (χ2v) is 8.78. The highest BCUT2D eigenvalue weighted by Gasteiger charge is 2.24. The molecule has 1 aliphatic carbocycles. The molecule has 4 rings (SSSR count). The van der Waals surface area contributed by atoms with Crippen molar-refractivity contribution in [2.24, 2.45) is 0 Å². The lowest BCUT2D eigenvalue weighted by molar-refractivity contribution is 0.104. The highest BCUT2D eigenvalue weighted by molar-refractivity contribution is 9.10. The lowest BCUT2D eigenvalue weighted by atomic mass is 10.1. The van der Waals surface area contributed by atoms with Crippen molar-refractivity contribution in [2.75, 3.05) is 6.61 Å². The van der Waals surface area contributed by atoms with Gasteiger partial charge in [-0.05, 0) is 69.9 Å². The molecule has 0 amide bonds. The van der Waals surface area contributed by atoms with Crippen molar-refractivity contribution in [3.8, 4) is 11.5 Å². The van der Waals surface area contributed by atoms with Crippen LogP contribution < -0.4 is 9.47 Å². The van der Waals surface area contributed by atoms with Crippen LogP contribution in [0.4, 0.5) is 0 Å². The van der Waals surface area contributed by atoms with E-state index in [2.05, 4.69) is 31.9 Å². The Labute approximate surface area is 193 Å². The predicted octanol–water partition coefficient (Wildman–Crippen LogP) is 7.01. The summed E-state index contributed by atoms with van der Waals surface area (Å²) in [7, 11) is 0. The number of rotatable bonds is 6. The van der Waals surface area contributed by atoms with Crippen LogP contribution in [-0.2, 0) is 13.0 Å². The van der Waals surface area contributed by atoms with Crippen LogP contribution in [-0.4, -0.2) is 12.4 Å². The van der Waals surface area contributed by atoms with Gasteiger partial charge in [0.25, 0.3) is 0 Å². The van der Waals surface area contributed by atoms with Gasteiger partial charge in [0.15, 0.2) is 17.3 Å². The van der Waals surface area contributed by atoms with Crippen LogP contribution in [0.2, 0.25) is 0 Å². The summed E-state index contributed by atoms with van der Waals surface area (Å²) < 4.78 is 13.7. The number of carbonyl (C=O) groups is 1. The molecule has 5 heteroatoms. The van der Waals surface area contributed by atoms with Crippen molar-refractivity contribution in [2.45, 2.75) is 20.0 Å². The van der Waals surface area contributed by atoms with Crippen LogP contribution in [0.5, 0.6) is 11.5 Å². The Morgan fingerprint density at radius 1 is 1.00 bits per heavy atom. The highest BCUT2D eigenvalue weighted by Crippen LogP contribution is 2.39. The summed E-state index contributed by atoms with van der Waals surface area (Å²) >= 11 is 7.06. The summed E-state index contributed by atoms with van der Waals surface area (Å²) in [5.41, 5.74) is 4.62. The Hall–Kier alpha value is -2.37. The monoisotopic (exact) mass is 526 g/mol. The Bertz CT molecular complexity index is 1120. The molecule has 0 atom stereocenters. The number of carbonyl (C=O) groups excluding carboxylic acids is 1. The zero-order chi connectivity index (χ0) is 21.1. The number of benzene rings is 3. The highest BCUT2D eigenvalue weighted by atomic mass is 79.9. The molecule has 3 aromatic carbocycles. The minimum absolute atomic E-state index is 0.0928. The molecule has 0 radical (unpaired) electrons. The third-order valence-corrected chi connectivity index (χ3v) is 6.02. The first kappa shape index (κ1) is 20.9. The smallest absolute Gasteiger partial charge is 0.189 e. The van der Waals surface area contributed by atoms with Gasteiger partial charge in [0, 0.05) is 22.0 Å². The van der Waals surface area contributed by atoms with E-state index in [4.69, 9.17) is 9.47 Å². The number of hydrogen-bond acceptors (Lipinski definition) is 3. The number of hydrogen-bond donors (Lipinski definition) is 0. The van der Waals surface area contributed by atoms with Gasteiger partial charge in [-0.15, -0.1) is 0 Å². The minimum atomic E-state index is 0.0928. The molecule has 0 heterocycles. The van der Waals surface area contributed by atoms with E-state index in [1.54, 1.807) is 0 Å². The number of Topliss-reactive ketones (excluding diaryl/α,β-unsaturated/α-hetero) is 1. The van der Waals surface area contributed by atoms with Crippen molar-refractivity contribution < 1.29 is 14.3 Å². The minimum Gasteiger partial charge on any atom is -0.490 e. The quantitative estimate of drug-likeness (QED) is 0.323. The largest absolute Gasteiger partial charge is 0.490 e. The lowest BCUT2D eigenvalue weighted by Gasteiger charge is -2.15. The van der Waals surface area contributed by atoms with Gasteiger partial charge >= 0.3 is 0 Å². The van der Waals surface area contributed by atoms with Crippen molar-refractivity contribution in [3.05, 3.63) is 97.4 Å². The zero-order valence-electron chi connectivity index (χ0n) is 16.5. The zero-order valence-corrected chi connectivity index (χ0v) is 19.6. The van der Waals surface area contributed by atoms with Gasteiger partial charge in [0.1, 0.15) is 6.61 Å². The molecule has 1 aliphatic rings. The fraction of sp³-hybridized carbons (Fsp3) is 0.160. The molecule has 0 saturated heterocycles. The molecule has 0 fully saturated rings. The van der Waals surface area contributed by atoms with Gasteiger partial charge in [-0.2, -0.15) is 0 Å². The van der Waals surface area contributed by atoms with Crippen LogP contribution in [0.15, 0.2) is 75.2 Å². The lowest BCUT2D eigenvalue weighted by Crippen LogP contribution is -2.01. The normalized spacial score (nSPS) is 14.1. The molecule has 0 saturated carbocycles. The SMILES string of the molecule is CCOc1cc(/C=C2\Cc3ccccc3C2=O)cc(Br)c1OCc1ccc(Br)cc1. The first-order valence-electron chi connectivity index (χ1n) is 9.72. The van der Waals surface area contributed by atoms with E-state index in [0.29, 0.717) is 31.1 Å². The third-order valence-electron chi connectivity index (χ3n) is 4.90. The van der Waals surface area contributed by atoms with E-state index in [1.165, 1.54) is 0 Å². The van der Waals surface area contributed by atoms with E-state index in [9.17, 15) is 4.79 Å². The molecular weight excluding hydrogens is 508 g/mol. The summed E-state index contributed by atoms with van der Waals surface area (Å²) in [4.78, 5) is 12.7. The second-order valence-electron chi connectivity index (χ2n) is 7.01. The van der Waals surface area contributed by atoms with E-state index in [1.807, 2.05) is 73.7 Å². The number of halogens is 2. The fourth-order valence-electron chi connectivity index (χ4n) is 3.48. The Kier molecular flexibility index (Phi) is 6.40. The molecular formula is C25H20Br2O3. The van der Waals surface area contributed by atoms with Crippen LogP contribution in [0.25, 0.3) is 6.08 Å². The maximum Gasteiger partial charge on any atom is 0.189 e. The van der Waals surface area contributed by atoms with Gasteiger partial charge in [0.2, 0.25) is 0 Å². The summed E-state index contributed by atoms with van der Waals surface area (Å²) in [5.74, 6) is 1.40. The molecule has 0 unspecified atom stereocenters. The van der Waals surface area contributed by atoms with Gasteiger partial charge < -0.3 is 9.47 Å².